The molecule has 1 fully saturated rings. The average Bonchev–Trinajstić information content (AvgIpc) is 2.28. The molecule has 1 aliphatic rings. The minimum Gasteiger partial charge on any atom is -0.295 e. The molecule has 0 spiro atoms. The fourth-order valence-electron chi connectivity index (χ4n) is 2.66. The topological polar surface area (TPSA) is 20.3 Å². The van der Waals surface area contributed by atoms with Crippen molar-refractivity contribution in [1.82, 2.24) is 4.90 Å². The highest BCUT2D eigenvalue weighted by Crippen LogP contribution is 2.28. The Morgan fingerprint density at radius 2 is 2.11 bits per heavy atom. The molecule has 1 aromatic carbocycles. The van der Waals surface area contributed by atoms with Crippen LogP contribution in [0.2, 0.25) is 0 Å². The van der Waals surface area contributed by atoms with Gasteiger partial charge in [0.15, 0.2) is 5.78 Å². The number of nitrogens with zero attached hydrogens (tertiary/aromatic N) is 1. The number of ketones is 1. The lowest BCUT2D eigenvalue weighted by Crippen LogP contribution is -2.42. The van der Waals surface area contributed by atoms with E-state index in [1.165, 1.54) is 12.5 Å². The second kappa shape index (κ2) is 5.19. The van der Waals surface area contributed by atoms with Crippen molar-refractivity contribution in [2.24, 2.45) is 5.41 Å². The highest BCUT2D eigenvalue weighted by Gasteiger charge is 2.27. The monoisotopic (exact) mass is 249 g/mol. The third kappa shape index (κ3) is 3.16. The minimum atomic E-state index is -0.418. The summed E-state index contributed by atoms with van der Waals surface area (Å²) in [7, 11) is 0. The second-order valence-corrected chi connectivity index (χ2v) is 5.88. The molecule has 1 heterocycles. The maximum atomic E-state index is 13.5. The van der Waals surface area contributed by atoms with Crippen molar-refractivity contribution >= 4 is 5.78 Å². The van der Waals surface area contributed by atoms with Gasteiger partial charge in [-0.3, -0.25) is 9.69 Å². The minimum absolute atomic E-state index is 0.120. The molecule has 0 radical (unpaired) electrons. The quantitative estimate of drug-likeness (QED) is 0.767. The second-order valence-electron chi connectivity index (χ2n) is 5.88. The van der Waals surface area contributed by atoms with Crippen molar-refractivity contribution in [1.29, 1.82) is 0 Å². The molecule has 0 aliphatic carbocycles. The molecule has 3 heteroatoms. The van der Waals surface area contributed by atoms with Crippen LogP contribution >= 0.6 is 0 Å². The molecule has 2 nitrogen and oxygen atoms in total. The fraction of sp³-hybridized carbons (Fsp3) is 0.533. The Hall–Kier alpha value is -1.22. The van der Waals surface area contributed by atoms with E-state index in [0.717, 1.165) is 19.5 Å². The normalized spacial score (nSPS) is 19.7. The third-order valence-electron chi connectivity index (χ3n) is 3.52. The Kier molecular flexibility index (Phi) is 3.81. The Bertz CT molecular complexity index is 442. The van der Waals surface area contributed by atoms with E-state index in [4.69, 9.17) is 0 Å². The summed E-state index contributed by atoms with van der Waals surface area (Å²) >= 11 is 0. The maximum Gasteiger partial charge on any atom is 0.179 e. The van der Waals surface area contributed by atoms with Crippen LogP contribution in [0.5, 0.6) is 0 Å². The Labute approximate surface area is 108 Å². The van der Waals surface area contributed by atoms with E-state index in [1.807, 2.05) is 0 Å². The van der Waals surface area contributed by atoms with Crippen molar-refractivity contribution in [3.8, 4) is 0 Å². The predicted octanol–water partition coefficient (Wildman–Crippen LogP) is 3.13. The number of carbonyl (C=O) groups is 1. The van der Waals surface area contributed by atoms with Gasteiger partial charge in [-0.25, -0.2) is 4.39 Å². The molecule has 0 amide bonds. The number of hydrogen-bond acceptors (Lipinski definition) is 2. The Morgan fingerprint density at radius 1 is 1.39 bits per heavy atom. The molecule has 0 aromatic heterocycles. The average molecular weight is 249 g/mol. The summed E-state index contributed by atoms with van der Waals surface area (Å²) in [6.07, 6.45) is 2.30. The van der Waals surface area contributed by atoms with Crippen molar-refractivity contribution in [3.05, 3.63) is 35.6 Å². The SMILES string of the molecule is CC1(C)CCCN(CC(=O)c2ccccc2F)C1. The summed E-state index contributed by atoms with van der Waals surface area (Å²) in [5, 5.41) is 0. The molecule has 0 saturated carbocycles. The molecular formula is C15H20FNO. The first-order valence-electron chi connectivity index (χ1n) is 6.48. The predicted molar refractivity (Wildman–Crippen MR) is 70.2 cm³/mol. The fourth-order valence-corrected chi connectivity index (χ4v) is 2.66. The largest absolute Gasteiger partial charge is 0.295 e. The van der Waals surface area contributed by atoms with Crippen LogP contribution in [0.4, 0.5) is 4.39 Å². The highest BCUT2D eigenvalue weighted by atomic mass is 19.1. The number of rotatable bonds is 3. The van der Waals surface area contributed by atoms with Gasteiger partial charge in [0.2, 0.25) is 0 Å². The molecule has 1 saturated heterocycles. The van der Waals surface area contributed by atoms with Crippen molar-refractivity contribution in [3.63, 3.8) is 0 Å². The van der Waals surface area contributed by atoms with Crippen LogP contribution in [0.15, 0.2) is 24.3 Å². The lowest BCUT2D eigenvalue weighted by atomic mass is 9.84. The number of likely N-dealkylation sites (tertiary alicyclic amines) is 1. The zero-order valence-corrected chi connectivity index (χ0v) is 11.1. The van der Waals surface area contributed by atoms with Gasteiger partial charge in [-0.15, -0.1) is 0 Å². The lowest BCUT2D eigenvalue weighted by molar-refractivity contribution is 0.0806. The van der Waals surface area contributed by atoms with E-state index in [0.29, 0.717) is 6.54 Å². The van der Waals surface area contributed by atoms with Gasteiger partial charge in [-0.1, -0.05) is 26.0 Å². The van der Waals surface area contributed by atoms with E-state index >= 15 is 0 Å². The zero-order chi connectivity index (χ0) is 13.2. The van der Waals surface area contributed by atoms with Gasteiger partial charge in [-0.2, -0.15) is 0 Å². The van der Waals surface area contributed by atoms with Crippen molar-refractivity contribution in [2.45, 2.75) is 26.7 Å². The van der Waals surface area contributed by atoms with Crippen LogP contribution in [0.1, 0.15) is 37.0 Å². The van der Waals surface area contributed by atoms with Crippen molar-refractivity contribution < 1.29 is 9.18 Å². The summed E-state index contributed by atoms with van der Waals surface area (Å²) in [5.74, 6) is -0.537. The molecule has 0 bridgehead atoms. The Morgan fingerprint density at radius 3 is 2.78 bits per heavy atom. The molecule has 1 aromatic rings. The molecule has 0 atom stereocenters. The highest BCUT2D eigenvalue weighted by molar-refractivity contribution is 5.97. The summed E-state index contributed by atoms with van der Waals surface area (Å²) in [6, 6.07) is 6.21. The van der Waals surface area contributed by atoms with E-state index in [-0.39, 0.29) is 16.8 Å². The van der Waals surface area contributed by atoms with Crippen LogP contribution in [-0.2, 0) is 0 Å². The third-order valence-corrected chi connectivity index (χ3v) is 3.52. The first-order valence-corrected chi connectivity index (χ1v) is 6.48. The number of halogens is 1. The molecule has 18 heavy (non-hydrogen) atoms. The number of benzene rings is 1. The van der Waals surface area contributed by atoms with Gasteiger partial charge in [0.25, 0.3) is 0 Å². The number of Topliss-reactive ketones (excluding diaryl/α,β-unsaturated/α-hetero) is 1. The molecule has 98 valence electrons. The number of carbonyl (C=O) groups excluding carboxylic acids is 1. The van der Waals surface area contributed by atoms with E-state index in [1.54, 1.807) is 18.2 Å². The van der Waals surface area contributed by atoms with Crippen LogP contribution in [0.25, 0.3) is 0 Å². The van der Waals surface area contributed by atoms with E-state index < -0.39 is 5.82 Å². The van der Waals surface area contributed by atoms with Gasteiger partial charge in [-0.05, 0) is 36.9 Å². The van der Waals surface area contributed by atoms with Gasteiger partial charge in [0.05, 0.1) is 12.1 Å². The summed E-state index contributed by atoms with van der Waals surface area (Å²) in [5.41, 5.74) is 0.467. The van der Waals surface area contributed by atoms with Gasteiger partial charge < -0.3 is 0 Å². The van der Waals surface area contributed by atoms with Crippen LogP contribution < -0.4 is 0 Å². The summed E-state index contributed by atoms with van der Waals surface area (Å²) < 4.78 is 13.5. The van der Waals surface area contributed by atoms with Gasteiger partial charge in [0.1, 0.15) is 5.82 Å². The number of piperidine rings is 1. The lowest BCUT2D eigenvalue weighted by Gasteiger charge is -2.37. The van der Waals surface area contributed by atoms with Gasteiger partial charge in [0, 0.05) is 6.54 Å². The van der Waals surface area contributed by atoms with Crippen molar-refractivity contribution in [2.75, 3.05) is 19.6 Å². The standard InChI is InChI=1S/C15H20FNO/c1-15(2)8-5-9-17(11-15)10-14(18)12-6-3-4-7-13(12)16/h3-4,6-7H,5,8-11H2,1-2H3. The summed E-state index contributed by atoms with van der Waals surface area (Å²) in [6.45, 7) is 6.60. The first-order chi connectivity index (χ1) is 8.48. The molecule has 2 rings (SSSR count). The van der Waals surface area contributed by atoms with Crippen LogP contribution in [0, 0.1) is 11.2 Å². The summed E-state index contributed by atoms with van der Waals surface area (Å²) in [4.78, 5) is 14.2. The van der Waals surface area contributed by atoms with Gasteiger partial charge >= 0.3 is 0 Å². The Balaban J connectivity index is 2.02. The van der Waals surface area contributed by atoms with Crippen LogP contribution in [0.3, 0.4) is 0 Å². The first kappa shape index (κ1) is 13.2. The molecule has 0 N–H and O–H groups in total. The number of hydrogen-bond donors (Lipinski definition) is 0. The zero-order valence-electron chi connectivity index (χ0n) is 11.1. The van der Waals surface area contributed by atoms with Crippen LogP contribution in [-0.4, -0.2) is 30.3 Å². The molecular weight excluding hydrogens is 229 g/mol. The maximum absolute atomic E-state index is 13.5. The molecule has 0 unspecified atom stereocenters. The van der Waals surface area contributed by atoms with E-state index in [9.17, 15) is 9.18 Å². The smallest absolute Gasteiger partial charge is 0.179 e. The molecule has 1 aliphatic heterocycles. The van der Waals surface area contributed by atoms with E-state index in [2.05, 4.69) is 18.7 Å².